The molecule has 0 aromatic carbocycles. The number of hydrogen-bond acceptors (Lipinski definition) is 6. The summed E-state index contributed by atoms with van der Waals surface area (Å²) < 4.78 is 27.7. The number of nitrogens with zero attached hydrogens (tertiary/aromatic N) is 2. The summed E-state index contributed by atoms with van der Waals surface area (Å²) in [5.74, 6) is -1.50. The molecular weight excluding hydrogens is 318 g/mol. The van der Waals surface area contributed by atoms with E-state index in [1.54, 1.807) is 0 Å². The number of thiazole rings is 1. The molecule has 0 aliphatic carbocycles. The Bertz CT molecular complexity index is 819. The van der Waals surface area contributed by atoms with Crippen molar-refractivity contribution >= 4 is 38.2 Å². The fourth-order valence-corrected chi connectivity index (χ4v) is 3.62. The van der Waals surface area contributed by atoms with Crippen molar-refractivity contribution in [1.29, 1.82) is 0 Å². The molecule has 2 N–H and O–H groups in total. The molecule has 10 heteroatoms. The zero-order chi connectivity index (χ0) is 15.8. The molecule has 0 radical (unpaired) electrons. The predicted octanol–water partition coefficient (Wildman–Crippen LogP) is 1.18. The van der Waals surface area contributed by atoms with Crippen LogP contribution in [0.3, 0.4) is 0 Å². The number of carbonyl (C=O) groups is 2. The summed E-state index contributed by atoms with van der Waals surface area (Å²) >= 11 is 0.971. The van der Waals surface area contributed by atoms with E-state index in [1.165, 1.54) is 30.1 Å². The van der Waals surface area contributed by atoms with Crippen molar-refractivity contribution in [2.45, 2.75) is 11.8 Å². The molecule has 2 aromatic heterocycles. The molecule has 0 atom stereocenters. The van der Waals surface area contributed by atoms with Crippen molar-refractivity contribution in [1.82, 2.24) is 9.55 Å². The average molecular weight is 329 g/mol. The van der Waals surface area contributed by atoms with Gasteiger partial charge in [0.15, 0.2) is 10.9 Å². The minimum atomic E-state index is -3.96. The van der Waals surface area contributed by atoms with Gasteiger partial charge in [-0.05, 0) is 6.07 Å². The molecule has 112 valence electrons. The number of ketones is 1. The van der Waals surface area contributed by atoms with Crippen LogP contribution in [0.4, 0.5) is 5.13 Å². The number of rotatable bonds is 5. The summed E-state index contributed by atoms with van der Waals surface area (Å²) in [6.07, 6.45) is 1.19. The van der Waals surface area contributed by atoms with Crippen molar-refractivity contribution in [2.75, 3.05) is 4.72 Å². The van der Waals surface area contributed by atoms with Gasteiger partial charge in [-0.1, -0.05) is 0 Å². The fraction of sp³-hybridized carbons (Fsp3) is 0.182. The van der Waals surface area contributed by atoms with Crippen LogP contribution in [-0.2, 0) is 17.1 Å². The van der Waals surface area contributed by atoms with E-state index in [9.17, 15) is 18.0 Å². The van der Waals surface area contributed by atoms with Crippen molar-refractivity contribution in [3.05, 3.63) is 29.0 Å². The quantitative estimate of drug-likeness (QED) is 0.795. The lowest BCUT2D eigenvalue weighted by Gasteiger charge is -2.01. The van der Waals surface area contributed by atoms with E-state index in [-0.39, 0.29) is 27.2 Å². The lowest BCUT2D eigenvalue weighted by atomic mass is 10.4. The Hall–Kier alpha value is -2.20. The third kappa shape index (κ3) is 3.11. The maximum absolute atomic E-state index is 12.1. The van der Waals surface area contributed by atoms with E-state index in [2.05, 4.69) is 9.71 Å². The van der Waals surface area contributed by atoms with Crippen LogP contribution in [0.2, 0.25) is 0 Å². The van der Waals surface area contributed by atoms with Crippen LogP contribution in [0.15, 0.2) is 22.5 Å². The summed E-state index contributed by atoms with van der Waals surface area (Å²) in [6, 6.07) is 1.05. The summed E-state index contributed by atoms with van der Waals surface area (Å²) in [7, 11) is -2.53. The Kier molecular flexibility index (Phi) is 3.83. The maximum Gasteiger partial charge on any atom is 0.352 e. The van der Waals surface area contributed by atoms with Gasteiger partial charge >= 0.3 is 5.97 Å². The molecule has 0 saturated heterocycles. The molecule has 0 aliphatic heterocycles. The first-order chi connectivity index (χ1) is 9.70. The standard InChI is InChI=1S/C11H11N3O5S2/c1-6(15)8-5-20-11(12-8)13-21(18,19)7-3-9(10(16)17)14(2)4-7/h3-5H,1-2H3,(H,12,13)(H,16,17). The fourth-order valence-electron chi connectivity index (χ4n) is 1.55. The SMILES string of the molecule is CC(=O)c1csc(NS(=O)(=O)c2cc(C(=O)O)n(C)c2)n1. The first kappa shape index (κ1) is 15.2. The highest BCUT2D eigenvalue weighted by atomic mass is 32.2. The van der Waals surface area contributed by atoms with Gasteiger partial charge in [0.2, 0.25) is 0 Å². The van der Waals surface area contributed by atoms with Gasteiger partial charge in [0, 0.05) is 25.5 Å². The first-order valence-electron chi connectivity index (χ1n) is 5.59. The van der Waals surface area contributed by atoms with E-state index in [0.717, 1.165) is 17.4 Å². The van der Waals surface area contributed by atoms with Gasteiger partial charge in [-0.3, -0.25) is 9.52 Å². The van der Waals surface area contributed by atoms with Gasteiger partial charge < -0.3 is 9.67 Å². The second-order valence-corrected chi connectivity index (χ2v) is 6.72. The lowest BCUT2D eigenvalue weighted by Crippen LogP contribution is -2.12. The molecular formula is C11H11N3O5S2. The van der Waals surface area contributed by atoms with Gasteiger partial charge in [0.1, 0.15) is 16.3 Å². The smallest absolute Gasteiger partial charge is 0.352 e. The number of carboxylic acids is 1. The van der Waals surface area contributed by atoms with Crippen LogP contribution >= 0.6 is 11.3 Å². The number of aromatic carboxylic acids is 1. The summed E-state index contributed by atoms with van der Waals surface area (Å²) in [5.41, 5.74) is 0.0101. The van der Waals surface area contributed by atoms with E-state index < -0.39 is 16.0 Å². The number of nitrogens with one attached hydrogen (secondary N) is 1. The number of aromatic nitrogens is 2. The van der Waals surface area contributed by atoms with E-state index in [0.29, 0.717) is 0 Å². The summed E-state index contributed by atoms with van der Waals surface area (Å²) in [4.78, 5) is 25.7. The number of hydrogen-bond donors (Lipinski definition) is 2. The van der Waals surface area contributed by atoms with Gasteiger partial charge in [-0.15, -0.1) is 11.3 Å². The van der Waals surface area contributed by atoms with Gasteiger partial charge in [0.25, 0.3) is 10.0 Å². The molecule has 2 rings (SSSR count). The average Bonchev–Trinajstić information content (AvgIpc) is 2.95. The Morgan fingerprint density at radius 3 is 2.57 bits per heavy atom. The molecule has 2 aromatic rings. The van der Waals surface area contributed by atoms with Crippen LogP contribution in [0, 0.1) is 0 Å². The molecule has 0 fully saturated rings. The van der Waals surface area contributed by atoms with Crippen molar-refractivity contribution < 1.29 is 23.1 Å². The molecule has 2 heterocycles. The molecule has 0 spiro atoms. The first-order valence-corrected chi connectivity index (χ1v) is 7.96. The van der Waals surface area contributed by atoms with Gasteiger partial charge in [0.05, 0.1) is 0 Å². The highest BCUT2D eigenvalue weighted by Gasteiger charge is 2.21. The second-order valence-electron chi connectivity index (χ2n) is 4.18. The van der Waals surface area contributed by atoms with Crippen molar-refractivity contribution in [2.24, 2.45) is 7.05 Å². The molecule has 0 bridgehead atoms. The summed E-state index contributed by atoms with van der Waals surface area (Å²) in [5, 5.41) is 10.4. The number of Topliss-reactive ketones (excluding diaryl/α,β-unsaturated/α-hetero) is 1. The molecule has 0 amide bonds. The second kappa shape index (κ2) is 5.30. The normalized spacial score (nSPS) is 11.3. The minimum Gasteiger partial charge on any atom is -0.477 e. The van der Waals surface area contributed by atoms with E-state index >= 15 is 0 Å². The highest BCUT2D eigenvalue weighted by Crippen LogP contribution is 2.21. The number of carboxylic acid groups (broad SMARTS) is 1. The predicted molar refractivity (Wildman–Crippen MR) is 75.3 cm³/mol. The van der Waals surface area contributed by atoms with E-state index in [4.69, 9.17) is 5.11 Å². The largest absolute Gasteiger partial charge is 0.477 e. The Morgan fingerprint density at radius 2 is 2.10 bits per heavy atom. The number of sulfonamides is 1. The van der Waals surface area contributed by atoms with Gasteiger partial charge in [-0.25, -0.2) is 18.2 Å². The number of anilines is 1. The third-order valence-electron chi connectivity index (χ3n) is 2.60. The van der Waals surface area contributed by atoms with E-state index in [1.807, 2.05) is 0 Å². The van der Waals surface area contributed by atoms with Crippen LogP contribution in [-0.4, -0.2) is 34.8 Å². The zero-order valence-electron chi connectivity index (χ0n) is 11.0. The zero-order valence-corrected chi connectivity index (χ0v) is 12.7. The maximum atomic E-state index is 12.1. The van der Waals surface area contributed by atoms with Gasteiger partial charge in [-0.2, -0.15) is 0 Å². The Morgan fingerprint density at radius 1 is 1.43 bits per heavy atom. The van der Waals surface area contributed by atoms with Crippen LogP contribution in [0.1, 0.15) is 27.9 Å². The molecule has 21 heavy (non-hydrogen) atoms. The summed E-state index contributed by atoms with van der Waals surface area (Å²) in [6.45, 7) is 1.32. The van der Waals surface area contributed by atoms with Crippen molar-refractivity contribution in [3.63, 3.8) is 0 Å². The van der Waals surface area contributed by atoms with Crippen LogP contribution in [0.25, 0.3) is 0 Å². The Balaban J connectivity index is 2.31. The Labute approximate surface area is 124 Å². The van der Waals surface area contributed by atoms with Crippen molar-refractivity contribution in [3.8, 4) is 0 Å². The minimum absolute atomic E-state index is 0.0425. The highest BCUT2D eigenvalue weighted by molar-refractivity contribution is 7.93. The molecule has 0 saturated carbocycles. The number of carbonyl (C=O) groups excluding carboxylic acids is 1. The monoisotopic (exact) mass is 329 g/mol. The topological polar surface area (TPSA) is 118 Å². The van der Waals surface area contributed by atoms with Crippen LogP contribution < -0.4 is 4.72 Å². The molecule has 8 nitrogen and oxygen atoms in total. The third-order valence-corrected chi connectivity index (χ3v) is 4.79. The van der Waals surface area contributed by atoms with Crippen LogP contribution in [0.5, 0.6) is 0 Å². The molecule has 0 aliphatic rings. The number of aryl methyl sites for hydroxylation is 1. The lowest BCUT2D eigenvalue weighted by molar-refractivity contribution is 0.0686. The molecule has 0 unspecified atom stereocenters.